The maximum Gasteiger partial charge on any atom is 0.263 e. The third kappa shape index (κ3) is 5.54. The molecule has 33 heavy (non-hydrogen) atoms. The lowest BCUT2D eigenvalue weighted by molar-refractivity contribution is -0.118. The average molecular weight is 470 g/mol. The Morgan fingerprint density at radius 3 is 2.42 bits per heavy atom. The topological polar surface area (TPSA) is 99.5 Å². The summed E-state index contributed by atoms with van der Waals surface area (Å²) < 4.78 is 36.5. The van der Waals surface area contributed by atoms with Gasteiger partial charge in [0.15, 0.2) is 16.4 Å². The summed E-state index contributed by atoms with van der Waals surface area (Å²) in [4.78, 5) is 12.6. The molecule has 4 rings (SSSR count). The van der Waals surface area contributed by atoms with Crippen LogP contribution in [0.1, 0.15) is 24.9 Å². The third-order valence-corrected chi connectivity index (χ3v) is 7.40. The monoisotopic (exact) mass is 469 g/mol. The first-order chi connectivity index (χ1) is 15.9. The number of methoxy groups -OCH3 is 1. The fraction of sp³-hybridized carbons (Fsp3) is 0.333. The van der Waals surface area contributed by atoms with E-state index in [-0.39, 0.29) is 30.1 Å². The van der Waals surface area contributed by atoms with Gasteiger partial charge in [0.25, 0.3) is 5.91 Å². The van der Waals surface area contributed by atoms with E-state index < -0.39 is 9.84 Å². The molecule has 174 valence electrons. The number of hydrogen-bond acceptors (Lipinski definition) is 6. The molecular weight excluding hydrogens is 442 g/mol. The Labute approximate surface area is 193 Å². The minimum atomic E-state index is -3.12. The first-order valence-corrected chi connectivity index (χ1v) is 12.6. The number of ether oxygens (including phenoxy) is 2. The number of aromatic nitrogens is 2. The van der Waals surface area contributed by atoms with Crippen LogP contribution in [0.2, 0.25) is 0 Å². The van der Waals surface area contributed by atoms with Crippen LogP contribution in [0.25, 0.3) is 11.3 Å². The molecule has 0 saturated carbocycles. The largest absolute Gasteiger partial charge is 0.497 e. The van der Waals surface area contributed by atoms with Gasteiger partial charge in [-0.15, -0.1) is 0 Å². The Morgan fingerprint density at radius 2 is 1.82 bits per heavy atom. The van der Waals surface area contributed by atoms with Gasteiger partial charge in [-0.2, -0.15) is 5.10 Å². The van der Waals surface area contributed by atoms with Gasteiger partial charge in [0.1, 0.15) is 17.3 Å². The number of nitrogens with one attached hydrogen (secondary N) is 1. The van der Waals surface area contributed by atoms with Crippen molar-refractivity contribution in [2.45, 2.75) is 25.8 Å². The summed E-state index contributed by atoms with van der Waals surface area (Å²) in [7, 11) is -1.52. The van der Waals surface area contributed by atoms with Crippen molar-refractivity contribution in [3.63, 3.8) is 0 Å². The molecule has 1 fully saturated rings. The number of hydrogen-bond donors (Lipinski definition) is 1. The van der Waals surface area contributed by atoms with Crippen molar-refractivity contribution in [2.75, 3.05) is 30.5 Å². The SMILES string of the molecule is CCc1ccc(OCC(=O)Nc2cc(-c3ccc(OC)cc3)nn2[C@@H]2CCS(=O)(=O)C2)cc1. The lowest BCUT2D eigenvalue weighted by Crippen LogP contribution is -2.23. The smallest absolute Gasteiger partial charge is 0.263 e. The van der Waals surface area contributed by atoms with Crippen LogP contribution in [0.5, 0.6) is 11.5 Å². The summed E-state index contributed by atoms with van der Waals surface area (Å²) in [5, 5.41) is 7.47. The molecule has 2 heterocycles. The van der Waals surface area contributed by atoms with Crippen molar-refractivity contribution in [3.8, 4) is 22.8 Å². The Balaban J connectivity index is 1.52. The van der Waals surface area contributed by atoms with Gasteiger partial charge in [0.2, 0.25) is 0 Å². The van der Waals surface area contributed by atoms with E-state index in [1.165, 1.54) is 5.56 Å². The first kappa shape index (κ1) is 22.8. The summed E-state index contributed by atoms with van der Waals surface area (Å²) in [6, 6.07) is 16.4. The van der Waals surface area contributed by atoms with Crippen molar-refractivity contribution >= 4 is 21.6 Å². The van der Waals surface area contributed by atoms with Gasteiger partial charge in [0, 0.05) is 11.6 Å². The predicted molar refractivity (Wildman–Crippen MR) is 126 cm³/mol. The van der Waals surface area contributed by atoms with Gasteiger partial charge < -0.3 is 14.8 Å². The second kappa shape index (κ2) is 9.66. The molecule has 1 aromatic heterocycles. The van der Waals surface area contributed by atoms with E-state index in [0.717, 1.165) is 17.7 Å². The van der Waals surface area contributed by atoms with E-state index in [1.807, 2.05) is 48.5 Å². The highest BCUT2D eigenvalue weighted by atomic mass is 32.2. The van der Waals surface area contributed by atoms with Crippen molar-refractivity contribution in [2.24, 2.45) is 0 Å². The predicted octanol–water partition coefficient (Wildman–Crippen LogP) is 3.50. The standard InChI is InChI=1S/C24H27N3O5S/c1-3-17-4-8-21(9-5-17)32-15-24(28)25-23-14-22(18-6-10-20(31-2)11-7-18)26-27(23)19-12-13-33(29,30)16-19/h4-11,14,19H,3,12-13,15-16H2,1-2H3,(H,25,28)/t19-/m1/s1. The molecular formula is C24H27N3O5S. The van der Waals surface area contributed by atoms with Crippen LogP contribution < -0.4 is 14.8 Å². The molecule has 0 unspecified atom stereocenters. The molecule has 1 N–H and O–H groups in total. The lowest BCUT2D eigenvalue weighted by atomic mass is 10.1. The highest BCUT2D eigenvalue weighted by Gasteiger charge is 2.31. The highest BCUT2D eigenvalue weighted by molar-refractivity contribution is 7.91. The summed E-state index contributed by atoms with van der Waals surface area (Å²) >= 11 is 0. The minimum absolute atomic E-state index is 0.000119. The van der Waals surface area contributed by atoms with Gasteiger partial charge in [-0.3, -0.25) is 4.79 Å². The summed E-state index contributed by atoms with van der Waals surface area (Å²) in [6.07, 6.45) is 1.38. The summed E-state index contributed by atoms with van der Waals surface area (Å²) in [5.74, 6) is 1.53. The molecule has 0 bridgehead atoms. The molecule has 1 atom stereocenters. The first-order valence-electron chi connectivity index (χ1n) is 10.8. The molecule has 3 aromatic rings. The Hall–Kier alpha value is -3.33. The maximum atomic E-state index is 12.6. The molecule has 8 nitrogen and oxygen atoms in total. The molecule has 1 aliphatic rings. The third-order valence-electron chi connectivity index (χ3n) is 5.64. The van der Waals surface area contributed by atoms with Gasteiger partial charge in [-0.25, -0.2) is 13.1 Å². The number of carbonyl (C=O) groups excluding carboxylic acids is 1. The second-order valence-corrected chi connectivity index (χ2v) is 10.2. The van der Waals surface area contributed by atoms with E-state index in [2.05, 4.69) is 17.3 Å². The average Bonchev–Trinajstić information content (AvgIpc) is 3.40. The molecule has 1 amide bonds. The van der Waals surface area contributed by atoms with Gasteiger partial charge in [-0.05, 0) is 54.8 Å². The van der Waals surface area contributed by atoms with E-state index in [1.54, 1.807) is 17.9 Å². The van der Waals surface area contributed by atoms with E-state index in [9.17, 15) is 13.2 Å². The highest BCUT2D eigenvalue weighted by Crippen LogP contribution is 2.31. The number of amides is 1. The van der Waals surface area contributed by atoms with E-state index in [4.69, 9.17) is 9.47 Å². The Bertz CT molecular complexity index is 1220. The van der Waals surface area contributed by atoms with E-state index in [0.29, 0.717) is 23.7 Å². The molecule has 2 aromatic carbocycles. The molecule has 0 spiro atoms. The fourth-order valence-electron chi connectivity index (χ4n) is 3.79. The minimum Gasteiger partial charge on any atom is -0.497 e. The number of carbonyl (C=O) groups is 1. The number of rotatable bonds is 8. The summed E-state index contributed by atoms with van der Waals surface area (Å²) in [6.45, 7) is 1.90. The number of nitrogens with zero attached hydrogens (tertiary/aromatic N) is 2. The zero-order valence-corrected chi connectivity index (χ0v) is 19.5. The zero-order valence-electron chi connectivity index (χ0n) is 18.7. The number of sulfone groups is 1. The summed E-state index contributed by atoms with van der Waals surface area (Å²) in [5.41, 5.74) is 2.65. The molecule has 1 saturated heterocycles. The van der Waals surface area contributed by atoms with Gasteiger partial charge in [-0.1, -0.05) is 19.1 Å². The molecule has 9 heteroatoms. The Kier molecular flexibility index (Phi) is 6.69. The molecule has 1 aliphatic heterocycles. The number of benzene rings is 2. The Morgan fingerprint density at radius 1 is 1.12 bits per heavy atom. The van der Waals surface area contributed by atoms with Crippen molar-refractivity contribution in [1.29, 1.82) is 0 Å². The van der Waals surface area contributed by atoms with Gasteiger partial charge >= 0.3 is 0 Å². The van der Waals surface area contributed by atoms with Crippen molar-refractivity contribution in [3.05, 3.63) is 60.2 Å². The van der Waals surface area contributed by atoms with Crippen molar-refractivity contribution in [1.82, 2.24) is 9.78 Å². The zero-order chi connectivity index (χ0) is 23.4. The fourth-order valence-corrected chi connectivity index (χ4v) is 5.48. The number of anilines is 1. The quantitative estimate of drug-likeness (QED) is 0.542. The van der Waals surface area contributed by atoms with Crippen LogP contribution >= 0.6 is 0 Å². The van der Waals surface area contributed by atoms with Crippen LogP contribution in [-0.2, 0) is 21.1 Å². The maximum absolute atomic E-state index is 12.6. The van der Waals surface area contributed by atoms with Crippen LogP contribution in [-0.4, -0.2) is 49.3 Å². The van der Waals surface area contributed by atoms with Crippen LogP contribution in [0.4, 0.5) is 5.82 Å². The van der Waals surface area contributed by atoms with Crippen LogP contribution in [0, 0.1) is 0 Å². The van der Waals surface area contributed by atoms with Crippen LogP contribution in [0.15, 0.2) is 54.6 Å². The van der Waals surface area contributed by atoms with Crippen LogP contribution in [0.3, 0.4) is 0 Å². The lowest BCUT2D eigenvalue weighted by Gasteiger charge is -2.14. The second-order valence-electron chi connectivity index (χ2n) is 7.98. The molecule has 0 radical (unpaired) electrons. The molecule has 0 aliphatic carbocycles. The van der Waals surface area contributed by atoms with E-state index >= 15 is 0 Å². The number of aryl methyl sites for hydroxylation is 1. The van der Waals surface area contributed by atoms with Crippen molar-refractivity contribution < 1.29 is 22.7 Å². The normalized spacial score (nSPS) is 17.0. The van der Waals surface area contributed by atoms with Gasteiger partial charge in [0.05, 0.1) is 30.4 Å².